The van der Waals surface area contributed by atoms with Crippen molar-refractivity contribution < 1.29 is 14.2 Å². The van der Waals surface area contributed by atoms with E-state index < -0.39 is 0 Å². The molecule has 26 heavy (non-hydrogen) atoms. The van der Waals surface area contributed by atoms with Crippen LogP contribution in [0.4, 0.5) is 0 Å². The van der Waals surface area contributed by atoms with Crippen molar-refractivity contribution in [2.45, 2.75) is 45.8 Å². The first-order valence-electron chi connectivity index (χ1n) is 9.61. The first-order chi connectivity index (χ1) is 12.7. The number of hydrogen-bond acceptors (Lipinski definition) is 4. The van der Waals surface area contributed by atoms with Gasteiger partial charge in [0.25, 0.3) is 0 Å². The number of piperidine rings is 1. The molecule has 1 N–H and O–H groups in total. The van der Waals surface area contributed by atoms with Gasteiger partial charge in [0.1, 0.15) is 17.6 Å². The lowest BCUT2D eigenvalue weighted by Crippen LogP contribution is -2.47. The Bertz CT molecular complexity index is 540. The summed E-state index contributed by atoms with van der Waals surface area (Å²) < 4.78 is 16.9. The van der Waals surface area contributed by atoms with Gasteiger partial charge in [-0.2, -0.15) is 0 Å². The predicted molar refractivity (Wildman–Crippen MR) is 105 cm³/mol. The summed E-state index contributed by atoms with van der Waals surface area (Å²) >= 11 is 0. The van der Waals surface area contributed by atoms with E-state index in [1.807, 2.05) is 31.2 Å². The minimum Gasteiger partial charge on any atom is -0.497 e. The van der Waals surface area contributed by atoms with Crippen LogP contribution in [0.2, 0.25) is 0 Å². The van der Waals surface area contributed by atoms with E-state index in [0.29, 0.717) is 12.6 Å². The van der Waals surface area contributed by atoms with Crippen LogP contribution >= 0.6 is 0 Å². The van der Waals surface area contributed by atoms with Gasteiger partial charge in [-0.15, -0.1) is 0 Å². The molecule has 1 aromatic rings. The van der Waals surface area contributed by atoms with Gasteiger partial charge in [0.15, 0.2) is 5.96 Å². The van der Waals surface area contributed by atoms with Crippen molar-refractivity contribution in [2.75, 3.05) is 39.9 Å². The van der Waals surface area contributed by atoms with Crippen LogP contribution in [0, 0.1) is 0 Å². The van der Waals surface area contributed by atoms with Crippen LogP contribution in [0.1, 0.15) is 33.6 Å². The maximum absolute atomic E-state index is 5.95. The summed E-state index contributed by atoms with van der Waals surface area (Å²) in [7, 11) is 1.66. The number of hydrogen-bond donors (Lipinski definition) is 1. The lowest BCUT2D eigenvalue weighted by atomic mass is 10.1. The molecule has 6 heteroatoms. The molecule has 0 aromatic heterocycles. The van der Waals surface area contributed by atoms with Crippen molar-refractivity contribution in [1.29, 1.82) is 0 Å². The van der Waals surface area contributed by atoms with Gasteiger partial charge in [-0.25, -0.2) is 4.99 Å². The van der Waals surface area contributed by atoms with Crippen LogP contribution in [0.25, 0.3) is 0 Å². The van der Waals surface area contributed by atoms with Crippen LogP contribution in [0.5, 0.6) is 11.5 Å². The highest BCUT2D eigenvalue weighted by Gasteiger charge is 2.21. The second-order valence-electron chi connectivity index (χ2n) is 6.44. The Morgan fingerprint density at radius 2 is 1.85 bits per heavy atom. The standard InChI is InChI=1S/C20H33N3O3/c1-5-21-20(23-13-11-18(12-14-23)25-6-2)22-15-16(3)26-19-9-7-17(24-4)8-10-19/h7-10,16,18H,5-6,11-15H2,1-4H3,(H,21,22). The fourth-order valence-electron chi connectivity index (χ4n) is 3.03. The van der Waals surface area contributed by atoms with Gasteiger partial charge >= 0.3 is 0 Å². The van der Waals surface area contributed by atoms with Crippen LogP contribution in [-0.4, -0.2) is 63.0 Å². The summed E-state index contributed by atoms with van der Waals surface area (Å²) in [6.45, 7) is 10.4. The Labute approximate surface area is 157 Å². The molecule has 2 rings (SSSR count). The quantitative estimate of drug-likeness (QED) is 0.568. The summed E-state index contributed by atoms with van der Waals surface area (Å²) in [5, 5.41) is 3.40. The van der Waals surface area contributed by atoms with Crippen molar-refractivity contribution in [3.63, 3.8) is 0 Å². The molecule has 0 radical (unpaired) electrons. The van der Waals surface area contributed by atoms with Crippen LogP contribution in [-0.2, 0) is 4.74 Å². The number of guanidine groups is 1. The van der Waals surface area contributed by atoms with Crippen LogP contribution < -0.4 is 14.8 Å². The van der Waals surface area contributed by atoms with E-state index in [9.17, 15) is 0 Å². The molecule has 1 heterocycles. The third-order valence-electron chi connectivity index (χ3n) is 4.37. The second kappa shape index (κ2) is 10.9. The lowest BCUT2D eigenvalue weighted by Gasteiger charge is -2.34. The molecule has 0 saturated carbocycles. The predicted octanol–water partition coefficient (Wildman–Crippen LogP) is 2.93. The highest BCUT2D eigenvalue weighted by atomic mass is 16.5. The summed E-state index contributed by atoms with van der Waals surface area (Å²) in [6.07, 6.45) is 2.49. The fourth-order valence-corrected chi connectivity index (χ4v) is 3.03. The highest BCUT2D eigenvalue weighted by Crippen LogP contribution is 2.18. The topological polar surface area (TPSA) is 55.3 Å². The van der Waals surface area contributed by atoms with Crippen molar-refractivity contribution in [2.24, 2.45) is 4.99 Å². The second-order valence-corrected chi connectivity index (χ2v) is 6.44. The third kappa shape index (κ3) is 6.41. The Morgan fingerprint density at radius 1 is 1.19 bits per heavy atom. The number of methoxy groups -OCH3 is 1. The van der Waals surface area contributed by atoms with Gasteiger partial charge in [-0.3, -0.25) is 0 Å². The van der Waals surface area contributed by atoms with Crippen molar-refractivity contribution in [3.8, 4) is 11.5 Å². The Kier molecular flexibility index (Phi) is 8.54. The number of ether oxygens (including phenoxy) is 3. The zero-order chi connectivity index (χ0) is 18.8. The number of likely N-dealkylation sites (tertiary alicyclic amines) is 1. The average Bonchev–Trinajstić information content (AvgIpc) is 2.67. The SMILES string of the molecule is CCNC(=NCC(C)Oc1ccc(OC)cc1)N1CCC(OCC)CC1. The molecular formula is C20H33N3O3. The van der Waals surface area contributed by atoms with Gasteiger partial charge in [-0.05, 0) is 57.9 Å². The minimum atomic E-state index is -0.00184. The number of benzene rings is 1. The molecule has 0 spiro atoms. The lowest BCUT2D eigenvalue weighted by molar-refractivity contribution is 0.0263. The average molecular weight is 364 g/mol. The molecule has 0 aliphatic carbocycles. The third-order valence-corrected chi connectivity index (χ3v) is 4.37. The van der Waals surface area contributed by atoms with Gasteiger partial charge in [0.2, 0.25) is 0 Å². The molecule has 1 saturated heterocycles. The Balaban J connectivity index is 1.87. The van der Waals surface area contributed by atoms with Crippen LogP contribution in [0.15, 0.2) is 29.3 Å². The van der Waals surface area contributed by atoms with Crippen molar-refractivity contribution >= 4 is 5.96 Å². The molecule has 0 bridgehead atoms. The number of rotatable bonds is 8. The molecule has 1 atom stereocenters. The van der Waals surface area contributed by atoms with E-state index >= 15 is 0 Å². The molecule has 1 aromatic carbocycles. The molecule has 1 aliphatic heterocycles. The van der Waals surface area contributed by atoms with E-state index in [4.69, 9.17) is 19.2 Å². The molecule has 0 amide bonds. The highest BCUT2D eigenvalue weighted by molar-refractivity contribution is 5.80. The minimum absolute atomic E-state index is 0.00184. The van der Waals surface area contributed by atoms with Gasteiger partial charge in [-0.1, -0.05) is 0 Å². The van der Waals surface area contributed by atoms with Crippen LogP contribution in [0.3, 0.4) is 0 Å². The normalized spacial score (nSPS) is 17.1. The number of nitrogens with zero attached hydrogens (tertiary/aromatic N) is 2. The van der Waals surface area contributed by atoms with E-state index in [-0.39, 0.29) is 6.10 Å². The summed E-state index contributed by atoms with van der Waals surface area (Å²) in [6, 6.07) is 7.64. The monoisotopic (exact) mass is 363 g/mol. The van der Waals surface area contributed by atoms with Gasteiger partial charge in [0, 0.05) is 26.2 Å². The number of nitrogens with one attached hydrogen (secondary N) is 1. The summed E-state index contributed by atoms with van der Waals surface area (Å²) in [5.74, 6) is 2.62. The summed E-state index contributed by atoms with van der Waals surface area (Å²) in [4.78, 5) is 7.10. The smallest absolute Gasteiger partial charge is 0.194 e. The van der Waals surface area contributed by atoms with Gasteiger partial charge < -0.3 is 24.4 Å². The van der Waals surface area contributed by atoms with Crippen molar-refractivity contribution in [3.05, 3.63) is 24.3 Å². The van der Waals surface area contributed by atoms with Crippen molar-refractivity contribution in [1.82, 2.24) is 10.2 Å². The Morgan fingerprint density at radius 3 is 2.42 bits per heavy atom. The summed E-state index contributed by atoms with van der Waals surface area (Å²) in [5.41, 5.74) is 0. The first-order valence-corrected chi connectivity index (χ1v) is 9.61. The molecule has 146 valence electrons. The van der Waals surface area contributed by atoms with E-state index in [1.54, 1.807) is 7.11 Å². The molecule has 6 nitrogen and oxygen atoms in total. The van der Waals surface area contributed by atoms with E-state index in [1.165, 1.54) is 0 Å². The van der Waals surface area contributed by atoms with E-state index in [2.05, 4.69) is 24.1 Å². The molecular weight excluding hydrogens is 330 g/mol. The zero-order valence-corrected chi connectivity index (χ0v) is 16.5. The maximum Gasteiger partial charge on any atom is 0.194 e. The molecule has 1 unspecified atom stereocenters. The maximum atomic E-state index is 5.95. The largest absolute Gasteiger partial charge is 0.497 e. The van der Waals surface area contributed by atoms with Gasteiger partial charge in [0.05, 0.1) is 19.8 Å². The zero-order valence-electron chi connectivity index (χ0n) is 16.5. The first kappa shape index (κ1) is 20.4. The number of aliphatic imine (C=N–C) groups is 1. The molecule has 1 fully saturated rings. The molecule has 1 aliphatic rings. The Hall–Kier alpha value is -1.95. The fraction of sp³-hybridized carbons (Fsp3) is 0.650. The van der Waals surface area contributed by atoms with E-state index in [0.717, 1.165) is 56.5 Å².